The van der Waals surface area contributed by atoms with Crippen LogP contribution in [0.1, 0.15) is 0 Å². The van der Waals surface area contributed by atoms with Gasteiger partial charge in [0.05, 0.1) is 10.0 Å². The van der Waals surface area contributed by atoms with Gasteiger partial charge in [0, 0.05) is 6.07 Å². The molecule has 1 heterocycles. The van der Waals surface area contributed by atoms with Crippen LogP contribution in [0.3, 0.4) is 0 Å². The summed E-state index contributed by atoms with van der Waals surface area (Å²) in [5.41, 5.74) is 3.75. The molecule has 0 saturated heterocycles. The van der Waals surface area contributed by atoms with Crippen molar-refractivity contribution in [2.24, 2.45) is 0 Å². The summed E-state index contributed by atoms with van der Waals surface area (Å²) >= 11 is 2.39. The second-order valence-electron chi connectivity index (χ2n) is 3.06. The molecule has 0 atom stereocenters. The number of nitrogens with two attached hydrogens (primary N) is 1. The molecule has 0 bridgehead atoms. The standard InChI is InChI=1S/C9H3BrF4N2O/c10-5-8(13)6(11)4(7(12)9(5)14)2-1-3(15)17-16-2/h1H,15H2. The monoisotopic (exact) mass is 310 g/mol. The Bertz CT molecular complexity index is 570. The van der Waals surface area contributed by atoms with Crippen molar-refractivity contribution in [3.8, 4) is 11.3 Å². The van der Waals surface area contributed by atoms with Gasteiger partial charge in [-0.3, -0.25) is 0 Å². The van der Waals surface area contributed by atoms with Crippen LogP contribution in [0.25, 0.3) is 11.3 Å². The largest absolute Gasteiger partial charge is 0.368 e. The molecule has 17 heavy (non-hydrogen) atoms. The van der Waals surface area contributed by atoms with Gasteiger partial charge in [0.1, 0.15) is 5.69 Å². The Hall–Kier alpha value is -1.57. The van der Waals surface area contributed by atoms with Gasteiger partial charge in [0.25, 0.3) is 0 Å². The third-order valence-electron chi connectivity index (χ3n) is 1.99. The van der Waals surface area contributed by atoms with Crippen LogP contribution in [-0.2, 0) is 0 Å². The van der Waals surface area contributed by atoms with Crippen molar-refractivity contribution in [1.29, 1.82) is 0 Å². The van der Waals surface area contributed by atoms with Crippen molar-refractivity contribution in [1.82, 2.24) is 5.16 Å². The molecule has 2 rings (SSSR count). The van der Waals surface area contributed by atoms with Crippen molar-refractivity contribution >= 4 is 21.8 Å². The molecule has 0 fully saturated rings. The summed E-state index contributed by atoms with van der Waals surface area (Å²) in [4.78, 5) is 0. The summed E-state index contributed by atoms with van der Waals surface area (Å²) in [5.74, 6) is -6.50. The van der Waals surface area contributed by atoms with Gasteiger partial charge >= 0.3 is 0 Å². The Morgan fingerprint density at radius 2 is 1.59 bits per heavy atom. The Balaban J connectivity index is 2.78. The van der Waals surface area contributed by atoms with E-state index in [-0.39, 0.29) is 5.88 Å². The van der Waals surface area contributed by atoms with Crippen molar-refractivity contribution < 1.29 is 22.1 Å². The highest BCUT2D eigenvalue weighted by molar-refractivity contribution is 9.10. The van der Waals surface area contributed by atoms with Crippen LogP contribution >= 0.6 is 15.9 Å². The van der Waals surface area contributed by atoms with E-state index >= 15 is 0 Å². The van der Waals surface area contributed by atoms with Gasteiger partial charge < -0.3 is 10.3 Å². The van der Waals surface area contributed by atoms with Gasteiger partial charge in [-0.2, -0.15) is 0 Å². The van der Waals surface area contributed by atoms with E-state index in [0.29, 0.717) is 0 Å². The zero-order valence-electron chi connectivity index (χ0n) is 7.90. The summed E-state index contributed by atoms with van der Waals surface area (Å²) in [5, 5.41) is 3.19. The van der Waals surface area contributed by atoms with Crippen molar-refractivity contribution in [2.45, 2.75) is 0 Å². The lowest BCUT2D eigenvalue weighted by Crippen LogP contribution is -2.01. The lowest BCUT2D eigenvalue weighted by Gasteiger charge is -2.05. The molecule has 0 amide bonds. The average Bonchev–Trinajstić information content (AvgIpc) is 2.71. The van der Waals surface area contributed by atoms with Gasteiger partial charge in [0.15, 0.2) is 23.3 Å². The maximum Gasteiger partial charge on any atom is 0.222 e. The summed E-state index contributed by atoms with van der Waals surface area (Å²) in [6.45, 7) is 0. The Morgan fingerprint density at radius 1 is 1.06 bits per heavy atom. The second kappa shape index (κ2) is 4.02. The number of halogens is 5. The van der Waals surface area contributed by atoms with Crippen LogP contribution in [0.4, 0.5) is 23.4 Å². The topological polar surface area (TPSA) is 52.0 Å². The normalized spacial score (nSPS) is 10.9. The van der Waals surface area contributed by atoms with Crippen LogP contribution in [0.2, 0.25) is 0 Å². The van der Waals surface area contributed by atoms with Gasteiger partial charge in [-0.15, -0.1) is 0 Å². The minimum Gasteiger partial charge on any atom is -0.368 e. The second-order valence-corrected chi connectivity index (χ2v) is 3.85. The van der Waals surface area contributed by atoms with Gasteiger partial charge in [-0.25, -0.2) is 17.6 Å². The highest BCUT2D eigenvalue weighted by Crippen LogP contribution is 2.34. The molecule has 1 aromatic carbocycles. The number of nitrogen functional groups attached to an aromatic ring is 1. The van der Waals surface area contributed by atoms with E-state index in [4.69, 9.17) is 5.73 Å². The van der Waals surface area contributed by atoms with Crippen molar-refractivity contribution in [3.63, 3.8) is 0 Å². The molecule has 1 aromatic heterocycles. The molecule has 0 saturated carbocycles. The predicted octanol–water partition coefficient (Wildman–Crippen LogP) is 3.24. The fraction of sp³-hybridized carbons (Fsp3) is 0. The van der Waals surface area contributed by atoms with Crippen LogP contribution in [0.15, 0.2) is 15.1 Å². The van der Waals surface area contributed by atoms with Crippen LogP contribution in [-0.4, -0.2) is 5.16 Å². The zero-order valence-corrected chi connectivity index (χ0v) is 9.49. The summed E-state index contributed by atoms with van der Waals surface area (Å²) in [6, 6.07) is 0.953. The SMILES string of the molecule is Nc1cc(-c2c(F)c(F)c(Br)c(F)c2F)no1. The molecule has 2 aromatic rings. The molecule has 90 valence electrons. The van der Waals surface area contributed by atoms with Crippen LogP contribution in [0.5, 0.6) is 0 Å². The van der Waals surface area contributed by atoms with E-state index in [0.717, 1.165) is 6.07 Å². The minimum absolute atomic E-state index is 0.234. The molecular formula is C9H3BrF4N2O. The van der Waals surface area contributed by atoms with E-state index in [1.54, 1.807) is 0 Å². The molecule has 2 N–H and O–H groups in total. The first kappa shape index (κ1) is 11.9. The molecule has 0 aliphatic heterocycles. The Kier molecular flexibility index (Phi) is 2.82. The van der Waals surface area contributed by atoms with Crippen molar-refractivity contribution in [2.75, 3.05) is 5.73 Å². The van der Waals surface area contributed by atoms with E-state index in [2.05, 4.69) is 25.6 Å². The minimum atomic E-state index is -1.58. The molecular weight excluding hydrogens is 308 g/mol. The fourth-order valence-corrected chi connectivity index (χ4v) is 1.59. The highest BCUT2D eigenvalue weighted by Gasteiger charge is 2.26. The van der Waals surface area contributed by atoms with E-state index in [9.17, 15) is 17.6 Å². The molecule has 0 radical (unpaired) electrons. The van der Waals surface area contributed by atoms with E-state index in [1.807, 2.05) is 0 Å². The molecule has 8 heteroatoms. The van der Waals surface area contributed by atoms with Crippen molar-refractivity contribution in [3.05, 3.63) is 33.8 Å². The number of hydrogen-bond acceptors (Lipinski definition) is 3. The molecule has 0 spiro atoms. The number of benzene rings is 1. The maximum atomic E-state index is 13.5. The smallest absolute Gasteiger partial charge is 0.222 e. The first-order chi connectivity index (χ1) is 7.93. The molecule has 0 aliphatic carbocycles. The highest BCUT2D eigenvalue weighted by atomic mass is 79.9. The van der Waals surface area contributed by atoms with Gasteiger partial charge in [-0.1, -0.05) is 5.16 Å². The first-order valence-electron chi connectivity index (χ1n) is 4.17. The lowest BCUT2D eigenvalue weighted by atomic mass is 10.1. The number of nitrogens with zero attached hydrogens (tertiary/aromatic N) is 1. The summed E-state index contributed by atoms with van der Waals surface area (Å²) < 4.78 is 56.8. The molecule has 0 unspecified atom stereocenters. The number of anilines is 1. The van der Waals surface area contributed by atoms with Gasteiger partial charge in [0.2, 0.25) is 5.88 Å². The fourth-order valence-electron chi connectivity index (χ4n) is 1.24. The molecule has 0 aliphatic rings. The molecule has 3 nitrogen and oxygen atoms in total. The third-order valence-corrected chi connectivity index (χ3v) is 2.69. The number of aromatic nitrogens is 1. The van der Waals surface area contributed by atoms with Crippen LogP contribution < -0.4 is 5.73 Å². The first-order valence-corrected chi connectivity index (χ1v) is 4.96. The number of rotatable bonds is 1. The van der Waals surface area contributed by atoms with E-state index < -0.39 is 39.0 Å². The van der Waals surface area contributed by atoms with E-state index in [1.165, 1.54) is 0 Å². The Morgan fingerprint density at radius 3 is 2.00 bits per heavy atom. The van der Waals surface area contributed by atoms with Crippen LogP contribution in [0, 0.1) is 23.3 Å². The summed E-state index contributed by atoms with van der Waals surface area (Å²) in [7, 11) is 0. The lowest BCUT2D eigenvalue weighted by molar-refractivity contribution is 0.431. The third kappa shape index (κ3) is 1.78. The quantitative estimate of drug-likeness (QED) is 0.500. The zero-order chi connectivity index (χ0) is 12.7. The Labute approximate surface area is 100 Å². The summed E-state index contributed by atoms with van der Waals surface area (Å²) in [6.07, 6.45) is 0. The average molecular weight is 311 g/mol. The number of hydrogen-bond donors (Lipinski definition) is 1. The van der Waals surface area contributed by atoms with Gasteiger partial charge in [-0.05, 0) is 15.9 Å². The maximum absolute atomic E-state index is 13.5. The predicted molar refractivity (Wildman–Crippen MR) is 53.9 cm³/mol.